The zero-order valence-electron chi connectivity index (χ0n) is 11.6. The van der Waals surface area contributed by atoms with Crippen molar-refractivity contribution in [2.45, 2.75) is 84.0 Å². The minimum Gasteiger partial charge on any atom is -0.392 e. The quantitative estimate of drug-likeness (QED) is 0.818. The zero-order valence-corrected chi connectivity index (χ0v) is 11.6. The van der Waals surface area contributed by atoms with Gasteiger partial charge in [0.25, 0.3) is 0 Å². The van der Waals surface area contributed by atoms with Crippen LogP contribution in [0.4, 0.5) is 0 Å². The minimum atomic E-state index is -0.107. The number of rotatable bonds is 3. The van der Waals surface area contributed by atoms with E-state index in [2.05, 4.69) is 20.8 Å². The van der Waals surface area contributed by atoms with E-state index in [1.54, 1.807) is 0 Å². The Morgan fingerprint density at radius 2 is 1.65 bits per heavy atom. The standard InChI is InChI=1S/C15H28O2/c1-11(2)12(3)17-14-10-13(16)15(14)8-6-4-5-7-9-15/h11-14,16H,4-10H2,1-3H3. The molecule has 2 aliphatic carbocycles. The topological polar surface area (TPSA) is 29.5 Å². The lowest BCUT2D eigenvalue weighted by Gasteiger charge is -2.54. The first-order valence-corrected chi connectivity index (χ1v) is 7.40. The van der Waals surface area contributed by atoms with Crippen LogP contribution in [0.15, 0.2) is 0 Å². The van der Waals surface area contributed by atoms with Crippen molar-refractivity contribution in [3.63, 3.8) is 0 Å². The Balaban J connectivity index is 1.98. The summed E-state index contributed by atoms with van der Waals surface area (Å²) in [7, 11) is 0. The van der Waals surface area contributed by atoms with Crippen molar-refractivity contribution in [1.29, 1.82) is 0 Å². The molecule has 0 radical (unpaired) electrons. The second kappa shape index (κ2) is 5.27. The lowest BCUT2D eigenvalue weighted by atomic mass is 9.59. The highest BCUT2D eigenvalue weighted by molar-refractivity contribution is 5.05. The van der Waals surface area contributed by atoms with Crippen LogP contribution in [0.3, 0.4) is 0 Å². The van der Waals surface area contributed by atoms with Crippen LogP contribution in [0, 0.1) is 11.3 Å². The first kappa shape index (κ1) is 13.4. The van der Waals surface area contributed by atoms with Crippen molar-refractivity contribution >= 4 is 0 Å². The van der Waals surface area contributed by atoms with Gasteiger partial charge in [0.1, 0.15) is 0 Å². The fourth-order valence-electron chi connectivity index (χ4n) is 3.38. The van der Waals surface area contributed by atoms with E-state index in [1.807, 2.05) is 0 Å². The Hall–Kier alpha value is -0.0800. The first-order valence-electron chi connectivity index (χ1n) is 7.40. The molecule has 2 saturated carbocycles. The number of hydrogen-bond acceptors (Lipinski definition) is 2. The van der Waals surface area contributed by atoms with Crippen LogP contribution in [0.1, 0.15) is 65.7 Å². The number of hydrogen-bond donors (Lipinski definition) is 1. The molecule has 17 heavy (non-hydrogen) atoms. The van der Waals surface area contributed by atoms with Crippen LogP contribution >= 0.6 is 0 Å². The molecule has 0 amide bonds. The van der Waals surface area contributed by atoms with Gasteiger partial charge < -0.3 is 9.84 Å². The molecule has 1 spiro atoms. The SMILES string of the molecule is CC(C)C(C)OC1CC(O)C12CCCCCC2. The summed E-state index contributed by atoms with van der Waals surface area (Å²) < 4.78 is 6.21. The summed E-state index contributed by atoms with van der Waals surface area (Å²) in [6.45, 7) is 6.58. The molecule has 2 aliphatic rings. The molecule has 3 atom stereocenters. The molecule has 0 aromatic rings. The van der Waals surface area contributed by atoms with Crippen molar-refractivity contribution in [2.75, 3.05) is 0 Å². The van der Waals surface area contributed by atoms with E-state index in [4.69, 9.17) is 4.74 Å². The molecule has 3 unspecified atom stereocenters. The summed E-state index contributed by atoms with van der Waals surface area (Å²) >= 11 is 0. The van der Waals surface area contributed by atoms with E-state index in [0.717, 1.165) is 6.42 Å². The van der Waals surface area contributed by atoms with Gasteiger partial charge in [-0.05, 0) is 25.7 Å². The summed E-state index contributed by atoms with van der Waals surface area (Å²) in [6.07, 6.45) is 8.93. The predicted molar refractivity (Wildman–Crippen MR) is 69.9 cm³/mol. The monoisotopic (exact) mass is 240 g/mol. The highest BCUT2D eigenvalue weighted by atomic mass is 16.5. The van der Waals surface area contributed by atoms with E-state index >= 15 is 0 Å². The van der Waals surface area contributed by atoms with Crippen LogP contribution in [-0.4, -0.2) is 23.4 Å². The van der Waals surface area contributed by atoms with E-state index in [-0.39, 0.29) is 11.5 Å². The van der Waals surface area contributed by atoms with E-state index in [0.29, 0.717) is 18.1 Å². The third-order valence-corrected chi connectivity index (χ3v) is 5.09. The van der Waals surface area contributed by atoms with Gasteiger partial charge >= 0.3 is 0 Å². The lowest BCUT2D eigenvalue weighted by Crippen LogP contribution is -2.59. The second-order valence-corrected chi connectivity index (χ2v) is 6.47. The molecular formula is C15H28O2. The van der Waals surface area contributed by atoms with Crippen LogP contribution in [0.5, 0.6) is 0 Å². The van der Waals surface area contributed by atoms with Gasteiger partial charge in [-0.25, -0.2) is 0 Å². The molecule has 0 bridgehead atoms. The fourth-order valence-corrected chi connectivity index (χ4v) is 3.38. The molecule has 2 heteroatoms. The van der Waals surface area contributed by atoms with Crippen LogP contribution in [-0.2, 0) is 4.74 Å². The normalized spacial score (nSPS) is 34.4. The summed E-state index contributed by atoms with van der Waals surface area (Å²) in [5.41, 5.74) is 0.111. The second-order valence-electron chi connectivity index (χ2n) is 6.47. The molecule has 2 nitrogen and oxygen atoms in total. The molecule has 0 aromatic heterocycles. The summed E-state index contributed by atoms with van der Waals surface area (Å²) in [4.78, 5) is 0. The molecule has 0 saturated heterocycles. The number of aliphatic hydroxyl groups is 1. The molecule has 1 N–H and O–H groups in total. The van der Waals surface area contributed by atoms with Gasteiger partial charge in [-0.1, -0.05) is 39.5 Å². The van der Waals surface area contributed by atoms with Gasteiger partial charge in [0.15, 0.2) is 0 Å². The molecule has 100 valence electrons. The maximum atomic E-state index is 10.2. The third-order valence-electron chi connectivity index (χ3n) is 5.09. The van der Waals surface area contributed by atoms with E-state index < -0.39 is 0 Å². The average molecular weight is 240 g/mol. The predicted octanol–water partition coefficient (Wildman–Crippen LogP) is 3.52. The summed E-state index contributed by atoms with van der Waals surface area (Å²) in [6, 6.07) is 0. The molecule has 2 rings (SSSR count). The summed E-state index contributed by atoms with van der Waals surface area (Å²) in [5.74, 6) is 0.565. The minimum absolute atomic E-state index is 0.107. The molecule has 0 heterocycles. The maximum absolute atomic E-state index is 10.2. The van der Waals surface area contributed by atoms with Crippen molar-refractivity contribution in [1.82, 2.24) is 0 Å². The number of ether oxygens (including phenoxy) is 1. The molecule has 0 aromatic carbocycles. The molecule has 2 fully saturated rings. The fraction of sp³-hybridized carbons (Fsp3) is 1.00. The van der Waals surface area contributed by atoms with Crippen LogP contribution in [0.25, 0.3) is 0 Å². The average Bonchev–Trinajstić information content (AvgIpc) is 2.55. The van der Waals surface area contributed by atoms with Crippen LogP contribution < -0.4 is 0 Å². The first-order chi connectivity index (χ1) is 8.06. The van der Waals surface area contributed by atoms with E-state index in [1.165, 1.54) is 38.5 Å². The van der Waals surface area contributed by atoms with Crippen molar-refractivity contribution in [3.05, 3.63) is 0 Å². The largest absolute Gasteiger partial charge is 0.392 e. The van der Waals surface area contributed by atoms with Crippen molar-refractivity contribution in [3.8, 4) is 0 Å². The highest BCUT2D eigenvalue weighted by Gasteiger charge is 2.55. The van der Waals surface area contributed by atoms with Crippen molar-refractivity contribution in [2.24, 2.45) is 11.3 Å². The Morgan fingerprint density at radius 3 is 2.12 bits per heavy atom. The smallest absolute Gasteiger partial charge is 0.0684 e. The lowest BCUT2D eigenvalue weighted by molar-refractivity contribution is -0.218. The molecular weight excluding hydrogens is 212 g/mol. The zero-order chi connectivity index (χ0) is 12.5. The van der Waals surface area contributed by atoms with Gasteiger partial charge in [0.05, 0.1) is 18.3 Å². The van der Waals surface area contributed by atoms with Gasteiger partial charge in [-0.3, -0.25) is 0 Å². The van der Waals surface area contributed by atoms with Crippen LogP contribution in [0.2, 0.25) is 0 Å². The third kappa shape index (κ3) is 2.53. The molecule has 0 aliphatic heterocycles. The Morgan fingerprint density at radius 1 is 1.06 bits per heavy atom. The maximum Gasteiger partial charge on any atom is 0.0684 e. The Labute approximate surface area is 106 Å². The van der Waals surface area contributed by atoms with Gasteiger partial charge in [0.2, 0.25) is 0 Å². The number of aliphatic hydroxyl groups excluding tert-OH is 1. The van der Waals surface area contributed by atoms with Gasteiger partial charge in [-0.15, -0.1) is 0 Å². The Kier molecular flexibility index (Phi) is 4.14. The summed E-state index contributed by atoms with van der Waals surface area (Å²) in [5, 5.41) is 10.2. The van der Waals surface area contributed by atoms with Gasteiger partial charge in [0, 0.05) is 11.8 Å². The van der Waals surface area contributed by atoms with Gasteiger partial charge in [-0.2, -0.15) is 0 Å². The van der Waals surface area contributed by atoms with Crippen molar-refractivity contribution < 1.29 is 9.84 Å². The van der Waals surface area contributed by atoms with E-state index in [9.17, 15) is 5.11 Å². The highest BCUT2D eigenvalue weighted by Crippen LogP contribution is 2.52. The Bertz CT molecular complexity index is 241.